The minimum Gasteiger partial charge on any atom is -0.454 e. The number of aryl methyl sites for hydroxylation is 2. The largest absolute Gasteiger partial charge is 0.454 e. The van der Waals surface area contributed by atoms with Gasteiger partial charge < -0.3 is 10.1 Å². The van der Waals surface area contributed by atoms with Crippen molar-refractivity contribution < 1.29 is 14.3 Å². The molecule has 1 N–H and O–H groups in total. The van der Waals surface area contributed by atoms with Crippen LogP contribution in [0.5, 0.6) is 0 Å². The Morgan fingerprint density at radius 1 is 1.27 bits per heavy atom. The van der Waals surface area contributed by atoms with Crippen molar-refractivity contribution in [2.45, 2.75) is 20.4 Å². The molecule has 3 aromatic rings. The summed E-state index contributed by atoms with van der Waals surface area (Å²) in [5.74, 6) is -0.574. The molecule has 0 unspecified atom stereocenters. The van der Waals surface area contributed by atoms with Gasteiger partial charge in [-0.1, -0.05) is 18.2 Å². The molecule has 3 rings (SSSR count). The van der Waals surface area contributed by atoms with Gasteiger partial charge in [-0.3, -0.25) is 4.79 Å². The van der Waals surface area contributed by atoms with Crippen LogP contribution in [0.3, 0.4) is 0 Å². The molecule has 26 heavy (non-hydrogen) atoms. The molecule has 0 saturated carbocycles. The van der Waals surface area contributed by atoms with Crippen LogP contribution in [0.15, 0.2) is 35.7 Å². The Bertz CT molecular complexity index is 920. The minimum absolute atomic E-state index is 0.213. The number of hydrogen-bond acceptors (Lipinski definition) is 7. The lowest BCUT2D eigenvalue weighted by Gasteiger charge is -2.09. The number of esters is 1. The van der Waals surface area contributed by atoms with Gasteiger partial charge in [-0.25, -0.2) is 4.79 Å². The number of benzene rings is 1. The lowest BCUT2D eigenvalue weighted by molar-refractivity contribution is -0.148. The van der Waals surface area contributed by atoms with Crippen LogP contribution in [0.2, 0.25) is 0 Å². The van der Waals surface area contributed by atoms with Crippen molar-refractivity contribution in [3.63, 3.8) is 0 Å². The fourth-order valence-electron chi connectivity index (χ4n) is 2.18. The molecule has 0 atom stereocenters. The smallest absolute Gasteiger partial charge is 0.330 e. The quantitative estimate of drug-likeness (QED) is 0.667. The van der Waals surface area contributed by atoms with Gasteiger partial charge >= 0.3 is 5.97 Å². The Morgan fingerprint density at radius 2 is 2.12 bits per heavy atom. The molecule has 2 heterocycles. The predicted octanol–water partition coefficient (Wildman–Crippen LogP) is 2.20. The van der Waals surface area contributed by atoms with Crippen molar-refractivity contribution in [3.8, 4) is 10.7 Å². The molecule has 0 aliphatic rings. The highest BCUT2D eigenvalue weighted by atomic mass is 32.1. The van der Waals surface area contributed by atoms with Gasteiger partial charge in [0.05, 0.1) is 4.88 Å². The van der Waals surface area contributed by atoms with Crippen LogP contribution in [0.4, 0.5) is 5.69 Å². The third kappa shape index (κ3) is 4.51. The van der Waals surface area contributed by atoms with Crippen LogP contribution in [0, 0.1) is 13.8 Å². The molecule has 1 aromatic carbocycles. The number of rotatable bonds is 6. The van der Waals surface area contributed by atoms with Gasteiger partial charge in [0.25, 0.3) is 5.91 Å². The lowest BCUT2D eigenvalue weighted by atomic mass is 10.1. The van der Waals surface area contributed by atoms with Gasteiger partial charge in [-0.15, -0.1) is 21.5 Å². The summed E-state index contributed by atoms with van der Waals surface area (Å²) in [6.45, 7) is 3.24. The Hall–Kier alpha value is -3.07. The summed E-state index contributed by atoms with van der Waals surface area (Å²) < 4.78 is 4.97. The van der Waals surface area contributed by atoms with E-state index in [9.17, 15) is 9.59 Å². The number of hydrogen-bond donors (Lipinski definition) is 1. The van der Waals surface area contributed by atoms with Gasteiger partial charge in [0.15, 0.2) is 13.2 Å². The summed E-state index contributed by atoms with van der Waals surface area (Å²) in [5.41, 5.74) is 2.66. The fraction of sp³-hybridized carbons (Fsp3) is 0.235. The number of carbonyl (C=O) groups is 2. The molecule has 0 radical (unpaired) electrons. The van der Waals surface area contributed by atoms with Crippen LogP contribution in [0.25, 0.3) is 10.7 Å². The molecule has 0 aliphatic heterocycles. The van der Waals surface area contributed by atoms with Crippen LogP contribution in [-0.2, 0) is 20.9 Å². The molecule has 0 fully saturated rings. The number of amides is 1. The third-order valence-electron chi connectivity index (χ3n) is 3.50. The van der Waals surface area contributed by atoms with Crippen LogP contribution in [0.1, 0.15) is 11.1 Å². The normalized spacial score (nSPS) is 10.5. The zero-order valence-corrected chi connectivity index (χ0v) is 15.1. The van der Waals surface area contributed by atoms with Crippen LogP contribution in [-0.4, -0.2) is 38.7 Å². The molecule has 8 nitrogen and oxygen atoms in total. The highest BCUT2D eigenvalue weighted by molar-refractivity contribution is 7.13. The zero-order valence-electron chi connectivity index (χ0n) is 14.3. The van der Waals surface area contributed by atoms with E-state index < -0.39 is 11.9 Å². The van der Waals surface area contributed by atoms with Crippen molar-refractivity contribution >= 4 is 28.9 Å². The fourth-order valence-corrected chi connectivity index (χ4v) is 2.83. The summed E-state index contributed by atoms with van der Waals surface area (Å²) in [5, 5.41) is 16.4. The van der Waals surface area contributed by atoms with Crippen LogP contribution >= 0.6 is 11.3 Å². The summed E-state index contributed by atoms with van der Waals surface area (Å²) in [6, 6.07) is 9.48. The molecule has 2 aromatic heterocycles. The summed E-state index contributed by atoms with van der Waals surface area (Å²) in [6.07, 6.45) is 0. The highest BCUT2D eigenvalue weighted by Crippen LogP contribution is 2.19. The van der Waals surface area contributed by atoms with Gasteiger partial charge in [-0.05, 0) is 47.7 Å². The van der Waals surface area contributed by atoms with E-state index in [0.29, 0.717) is 11.5 Å². The van der Waals surface area contributed by atoms with Gasteiger partial charge in [0.2, 0.25) is 5.82 Å². The van der Waals surface area contributed by atoms with Crippen molar-refractivity contribution in [1.82, 2.24) is 20.2 Å². The second-order valence-corrected chi connectivity index (χ2v) is 6.60. The van der Waals surface area contributed by atoms with Gasteiger partial charge in [-0.2, -0.15) is 4.80 Å². The van der Waals surface area contributed by atoms with E-state index in [2.05, 4.69) is 20.7 Å². The monoisotopic (exact) mass is 371 g/mol. The number of thiophene rings is 1. The SMILES string of the molecule is Cc1ccc(C)c(NC(=O)COC(=O)Cn2nnc(-c3cccs3)n2)c1. The Kier molecular flexibility index (Phi) is 5.37. The van der Waals surface area contributed by atoms with E-state index in [1.165, 1.54) is 11.3 Å². The van der Waals surface area contributed by atoms with E-state index in [-0.39, 0.29) is 13.2 Å². The number of aromatic nitrogens is 4. The van der Waals surface area contributed by atoms with Crippen molar-refractivity contribution in [1.29, 1.82) is 0 Å². The summed E-state index contributed by atoms with van der Waals surface area (Å²) in [7, 11) is 0. The van der Waals surface area contributed by atoms with E-state index in [0.717, 1.165) is 20.8 Å². The zero-order chi connectivity index (χ0) is 18.5. The number of anilines is 1. The van der Waals surface area contributed by atoms with Crippen molar-refractivity contribution in [2.75, 3.05) is 11.9 Å². The first-order valence-electron chi connectivity index (χ1n) is 7.85. The number of nitrogens with one attached hydrogen (secondary N) is 1. The molecule has 9 heteroatoms. The highest BCUT2D eigenvalue weighted by Gasteiger charge is 2.13. The minimum atomic E-state index is -0.615. The molecule has 1 amide bonds. The average molecular weight is 371 g/mol. The number of carbonyl (C=O) groups excluding carboxylic acids is 2. The Labute approximate surface area is 153 Å². The number of tetrazole rings is 1. The van der Waals surface area contributed by atoms with E-state index in [4.69, 9.17) is 4.74 Å². The van der Waals surface area contributed by atoms with Crippen molar-refractivity contribution in [3.05, 3.63) is 46.8 Å². The van der Waals surface area contributed by atoms with Crippen molar-refractivity contribution in [2.24, 2.45) is 0 Å². The molecule has 0 aliphatic carbocycles. The third-order valence-corrected chi connectivity index (χ3v) is 4.36. The maximum atomic E-state index is 12.0. The molecule has 0 bridgehead atoms. The maximum Gasteiger partial charge on any atom is 0.330 e. The topological polar surface area (TPSA) is 99.0 Å². The van der Waals surface area contributed by atoms with E-state index >= 15 is 0 Å². The number of ether oxygens (including phenoxy) is 1. The maximum absolute atomic E-state index is 12.0. The Balaban J connectivity index is 1.49. The molecule has 134 valence electrons. The first kappa shape index (κ1) is 17.7. The lowest BCUT2D eigenvalue weighted by Crippen LogP contribution is -2.24. The first-order chi connectivity index (χ1) is 12.5. The Morgan fingerprint density at radius 3 is 2.88 bits per heavy atom. The second-order valence-electron chi connectivity index (χ2n) is 5.65. The van der Waals surface area contributed by atoms with Gasteiger partial charge in [0.1, 0.15) is 0 Å². The predicted molar refractivity (Wildman–Crippen MR) is 96.6 cm³/mol. The molecule has 0 spiro atoms. The van der Waals surface area contributed by atoms with Gasteiger partial charge in [0, 0.05) is 5.69 Å². The summed E-state index contributed by atoms with van der Waals surface area (Å²) in [4.78, 5) is 25.8. The molecular weight excluding hydrogens is 354 g/mol. The second kappa shape index (κ2) is 7.87. The van der Waals surface area contributed by atoms with E-state index in [1.54, 1.807) is 0 Å². The number of nitrogens with zero attached hydrogens (tertiary/aromatic N) is 4. The van der Waals surface area contributed by atoms with E-state index in [1.807, 2.05) is 49.6 Å². The average Bonchev–Trinajstić information content (AvgIpc) is 3.28. The molecular formula is C17H17N5O3S. The van der Waals surface area contributed by atoms with Crippen LogP contribution < -0.4 is 5.32 Å². The first-order valence-corrected chi connectivity index (χ1v) is 8.73. The molecule has 0 saturated heterocycles. The summed E-state index contributed by atoms with van der Waals surface area (Å²) >= 11 is 1.48. The standard InChI is InChI=1S/C17H17N5O3S/c1-11-5-6-12(2)13(8-11)18-15(23)10-25-16(24)9-22-20-17(19-21-22)14-4-3-7-26-14/h3-8H,9-10H2,1-2H3,(H,18,23).